The minimum atomic E-state index is -0.395. The molecule has 0 aromatic heterocycles. The second-order valence-electron chi connectivity index (χ2n) is 9.88. The van der Waals surface area contributed by atoms with Gasteiger partial charge in [0.25, 0.3) is 0 Å². The number of rotatable bonds is 8. The van der Waals surface area contributed by atoms with Gasteiger partial charge in [-0.05, 0) is 104 Å². The maximum absolute atomic E-state index is 15.0. The third kappa shape index (κ3) is 6.03. The summed E-state index contributed by atoms with van der Waals surface area (Å²) in [6.45, 7) is 4.08. The smallest absolute Gasteiger partial charge is 0.129 e. The lowest BCUT2D eigenvalue weighted by molar-refractivity contribution is 0.393. The molecule has 0 N–H and O–H groups in total. The van der Waals surface area contributed by atoms with E-state index in [-0.39, 0.29) is 17.4 Å². The third-order valence-electron chi connectivity index (χ3n) is 7.53. The van der Waals surface area contributed by atoms with Gasteiger partial charge in [0, 0.05) is 5.56 Å². The van der Waals surface area contributed by atoms with Gasteiger partial charge >= 0.3 is 0 Å². The van der Waals surface area contributed by atoms with Crippen molar-refractivity contribution in [3.63, 3.8) is 0 Å². The molecule has 0 aliphatic heterocycles. The van der Waals surface area contributed by atoms with Crippen LogP contribution < -0.4 is 0 Å². The van der Waals surface area contributed by atoms with Crippen molar-refractivity contribution in [2.24, 2.45) is 0 Å². The fourth-order valence-corrected chi connectivity index (χ4v) is 5.39. The van der Waals surface area contributed by atoms with Gasteiger partial charge in [0.15, 0.2) is 0 Å². The maximum atomic E-state index is 15.0. The van der Waals surface area contributed by atoms with E-state index in [1.165, 1.54) is 11.1 Å². The van der Waals surface area contributed by atoms with E-state index >= 15 is 0 Å². The topological polar surface area (TPSA) is 0 Å². The van der Waals surface area contributed by atoms with Crippen molar-refractivity contribution in [3.05, 3.63) is 118 Å². The van der Waals surface area contributed by atoms with Crippen LogP contribution in [0.1, 0.15) is 91.5 Å². The summed E-state index contributed by atoms with van der Waals surface area (Å²) in [5, 5.41) is 0. The summed E-state index contributed by atoms with van der Waals surface area (Å²) in [6.07, 6.45) is 10.9. The number of benzene rings is 3. The molecular formula is C32H36F2. The van der Waals surface area contributed by atoms with Gasteiger partial charge in [-0.1, -0.05) is 73.7 Å². The molecule has 3 aromatic rings. The first-order valence-corrected chi connectivity index (χ1v) is 12.8. The molecule has 3 aromatic carbocycles. The summed E-state index contributed by atoms with van der Waals surface area (Å²) in [6, 6.07) is 22.2. The van der Waals surface area contributed by atoms with Crippen LogP contribution >= 0.6 is 0 Å². The summed E-state index contributed by atoms with van der Waals surface area (Å²) in [5.74, 6) is 0.0605. The highest BCUT2D eigenvalue weighted by Gasteiger charge is 2.25. The largest absolute Gasteiger partial charge is 0.207 e. The van der Waals surface area contributed by atoms with Crippen LogP contribution in [0.3, 0.4) is 0 Å². The number of hydrogen-bond acceptors (Lipinski definition) is 0. The average molecular weight is 459 g/mol. The highest BCUT2D eigenvalue weighted by Crippen LogP contribution is 2.41. The molecule has 0 spiro atoms. The standard InChI is InChI=1S/C32H36F2/c1-3-4-6-9-24-12-14-26(15-13-24)27-16-18-28(19-17-27)29-21-31(33)30(32(34)22-29)20-23(2)25-10-7-5-8-11-25/h3-5,7-8,10-15,21-23,27-28H,6,9,16-20H2,1-2H3/t23-,27?,28?/m1/s1. The second kappa shape index (κ2) is 11.6. The van der Waals surface area contributed by atoms with Crippen LogP contribution in [-0.4, -0.2) is 0 Å². The Hall–Kier alpha value is -2.74. The molecule has 0 saturated heterocycles. The first kappa shape index (κ1) is 24.4. The monoisotopic (exact) mass is 458 g/mol. The molecule has 1 saturated carbocycles. The Morgan fingerprint density at radius 1 is 0.824 bits per heavy atom. The molecule has 1 aliphatic rings. The third-order valence-corrected chi connectivity index (χ3v) is 7.53. The molecular weight excluding hydrogens is 422 g/mol. The fraction of sp³-hybridized carbons (Fsp3) is 0.375. The van der Waals surface area contributed by atoms with Crippen molar-refractivity contribution in [1.29, 1.82) is 0 Å². The molecule has 34 heavy (non-hydrogen) atoms. The summed E-state index contributed by atoms with van der Waals surface area (Å²) in [5.41, 5.74) is 4.92. The van der Waals surface area contributed by atoms with Crippen molar-refractivity contribution in [3.8, 4) is 0 Å². The Balaban J connectivity index is 1.37. The Kier molecular flexibility index (Phi) is 8.32. The summed E-state index contributed by atoms with van der Waals surface area (Å²) in [4.78, 5) is 0. The Morgan fingerprint density at radius 3 is 2.00 bits per heavy atom. The zero-order valence-electron chi connectivity index (χ0n) is 20.4. The Morgan fingerprint density at radius 2 is 1.41 bits per heavy atom. The van der Waals surface area contributed by atoms with E-state index in [1.54, 1.807) is 12.1 Å². The first-order chi connectivity index (χ1) is 16.5. The van der Waals surface area contributed by atoms with Crippen molar-refractivity contribution in [1.82, 2.24) is 0 Å². The molecule has 2 heteroatoms. The minimum absolute atomic E-state index is 0.0704. The van der Waals surface area contributed by atoms with Gasteiger partial charge in [-0.3, -0.25) is 0 Å². The van der Waals surface area contributed by atoms with Crippen LogP contribution in [0.5, 0.6) is 0 Å². The molecule has 1 aliphatic carbocycles. The molecule has 0 bridgehead atoms. The lowest BCUT2D eigenvalue weighted by Gasteiger charge is -2.29. The van der Waals surface area contributed by atoms with Crippen LogP contribution in [0.25, 0.3) is 0 Å². The quantitative estimate of drug-likeness (QED) is 0.295. The lowest BCUT2D eigenvalue weighted by atomic mass is 9.76. The Labute approximate surface area is 203 Å². The van der Waals surface area contributed by atoms with Crippen LogP contribution in [0.4, 0.5) is 8.78 Å². The summed E-state index contributed by atoms with van der Waals surface area (Å²) >= 11 is 0. The number of aryl methyl sites for hydroxylation is 1. The van der Waals surface area contributed by atoms with Crippen molar-refractivity contribution in [2.45, 2.75) is 76.5 Å². The zero-order valence-corrected chi connectivity index (χ0v) is 20.4. The van der Waals surface area contributed by atoms with E-state index in [1.807, 2.05) is 37.3 Å². The van der Waals surface area contributed by atoms with E-state index in [4.69, 9.17) is 0 Å². The molecule has 0 amide bonds. The van der Waals surface area contributed by atoms with Gasteiger partial charge < -0.3 is 0 Å². The van der Waals surface area contributed by atoms with Crippen molar-refractivity contribution >= 4 is 0 Å². The molecule has 1 fully saturated rings. The first-order valence-electron chi connectivity index (χ1n) is 12.8. The molecule has 0 unspecified atom stereocenters. The minimum Gasteiger partial charge on any atom is -0.207 e. The molecule has 0 heterocycles. The zero-order chi connectivity index (χ0) is 23.9. The van der Waals surface area contributed by atoms with E-state index in [9.17, 15) is 8.78 Å². The summed E-state index contributed by atoms with van der Waals surface area (Å²) < 4.78 is 30.0. The van der Waals surface area contributed by atoms with E-state index in [2.05, 4.69) is 43.3 Å². The van der Waals surface area contributed by atoms with Gasteiger partial charge in [-0.25, -0.2) is 8.78 Å². The van der Waals surface area contributed by atoms with E-state index < -0.39 is 11.6 Å². The SMILES string of the molecule is CC=CCCc1ccc(C2CCC(c3cc(F)c(C[C@@H](C)c4ccccc4)c(F)c3)CC2)cc1. The predicted octanol–water partition coefficient (Wildman–Crippen LogP) is 9.26. The van der Waals surface area contributed by atoms with E-state index in [0.717, 1.165) is 49.7 Å². The van der Waals surface area contributed by atoms with Crippen LogP contribution in [0, 0.1) is 11.6 Å². The van der Waals surface area contributed by atoms with Gasteiger partial charge in [0.2, 0.25) is 0 Å². The normalized spacial score (nSPS) is 19.4. The highest BCUT2D eigenvalue weighted by atomic mass is 19.1. The molecule has 0 radical (unpaired) electrons. The average Bonchev–Trinajstić information content (AvgIpc) is 2.87. The van der Waals surface area contributed by atoms with Gasteiger partial charge in [0.1, 0.15) is 11.6 Å². The maximum Gasteiger partial charge on any atom is 0.129 e. The van der Waals surface area contributed by atoms with Crippen molar-refractivity contribution < 1.29 is 8.78 Å². The Bertz CT molecular complexity index is 1050. The van der Waals surface area contributed by atoms with Crippen LogP contribution in [0.15, 0.2) is 78.9 Å². The van der Waals surface area contributed by atoms with Crippen LogP contribution in [-0.2, 0) is 12.8 Å². The molecule has 0 nitrogen and oxygen atoms in total. The predicted molar refractivity (Wildman–Crippen MR) is 138 cm³/mol. The molecule has 4 rings (SSSR count). The number of hydrogen-bond donors (Lipinski definition) is 0. The van der Waals surface area contributed by atoms with Gasteiger partial charge in [-0.2, -0.15) is 0 Å². The van der Waals surface area contributed by atoms with E-state index in [0.29, 0.717) is 12.3 Å². The number of allylic oxidation sites excluding steroid dienone is 2. The highest BCUT2D eigenvalue weighted by molar-refractivity contribution is 5.32. The fourth-order valence-electron chi connectivity index (χ4n) is 5.39. The molecule has 178 valence electrons. The summed E-state index contributed by atoms with van der Waals surface area (Å²) in [7, 11) is 0. The van der Waals surface area contributed by atoms with Gasteiger partial charge in [-0.15, -0.1) is 0 Å². The lowest BCUT2D eigenvalue weighted by Crippen LogP contribution is -2.13. The van der Waals surface area contributed by atoms with Crippen LogP contribution in [0.2, 0.25) is 0 Å². The second-order valence-corrected chi connectivity index (χ2v) is 9.88. The van der Waals surface area contributed by atoms with Gasteiger partial charge in [0.05, 0.1) is 0 Å². The number of halogens is 2. The van der Waals surface area contributed by atoms with Crippen molar-refractivity contribution in [2.75, 3.05) is 0 Å². The molecule has 1 atom stereocenters.